The number of benzene rings is 2. The van der Waals surface area contributed by atoms with E-state index in [2.05, 4.69) is 27.8 Å². The molecule has 0 aliphatic carbocycles. The summed E-state index contributed by atoms with van der Waals surface area (Å²) in [6.45, 7) is 7.89. The monoisotopic (exact) mass is 389 g/mol. The summed E-state index contributed by atoms with van der Waals surface area (Å²) >= 11 is 3.39. The van der Waals surface area contributed by atoms with Gasteiger partial charge in [-0.05, 0) is 56.3 Å². The molecule has 0 atom stereocenters. The van der Waals surface area contributed by atoms with Crippen LogP contribution in [0.25, 0.3) is 0 Å². The summed E-state index contributed by atoms with van der Waals surface area (Å²) in [4.78, 5) is 12.6. The highest BCUT2D eigenvalue weighted by molar-refractivity contribution is 9.10. The van der Waals surface area contributed by atoms with Crippen LogP contribution >= 0.6 is 15.9 Å². The van der Waals surface area contributed by atoms with E-state index in [0.29, 0.717) is 23.6 Å². The minimum absolute atomic E-state index is 0.0148. The van der Waals surface area contributed by atoms with Gasteiger partial charge in [-0.15, -0.1) is 0 Å². The van der Waals surface area contributed by atoms with Crippen LogP contribution in [0.15, 0.2) is 59.6 Å². The Hall–Kier alpha value is -2.27. The highest BCUT2D eigenvalue weighted by Gasteiger charge is 2.14. The quantitative estimate of drug-likeness (QED) is 0.673. The Bertz CT molecular complexity index is 711. The molecule has 0 saturated carbocycles. The predicted molar refractivity (Wildman–Crippen MR) is 100.0 cm³/mol. The van der Waals surface area contributed by atoms with E-state index in [1.807, 2.05) is 19.9 Å². The highest BCUT2D eigenvalue weighted by Crippen LogP contribution is 2.25. The first-order valence-electron chi connectivity index (χ1n) is 7.61. The van der Waals surface area contributed by atoms with Crippen molar-refractivity contribution in [2.45, 2.75) is 20.0 Å². The third-order valence-electron chi connectivity index (χ3n) is 3.03. The minimum Gasteiger partial charge on any atom is -0.490 e. The Kier molecular flexibility index (Phi) is 6.44. The molecule has 0 heterocycles. The standard InChI is InChI=1S/C19H20BrNO3/c1-4-11-23-16-8-6-15(7-9-16)21-19(22)17-12-14(20)5-10-18(17)24-13(2)3/h4-10,12-13H,1,11H2,2-3H3,(H,21,22). The van der Waals surface area contributed by atoms with Crippen LogP contribution in [0.1, 0.15) is 24.2 Å². The number of halogens is 1. The Labute approximate surface area is 150 Å². The summed E-state index contributed by atoms with van der Waals surface area (Å²) < 4.78 is 11.9. The summed E-state index contributed by atoms with van der Waals surface area (Å²) in [5.41, 5.74) is 1.16. The number of nitrogens with one attached hydrogen (secondary N) is 1. The van der Waals surface area contributed by atoms with Crippen molar-refractivity contribution in [1.29, 1.82) is 0 Å². The van der Waals surface area contributed by atoms with Crippen molar-refractivity contribution in [2.75, 3.05) is 11.9 Å². The SMILES string of the molecule is C=CCOc1ccc(NC(=O)c2cc(Br)ccc2OC(C)C)cc1. The molecule has 1 amide bonds. The third-order valence-corrected chi connectivity index (χ3v) is 3.52. The van der Waals surface area contributed by atoms with Crippen LogP contribution in [0.2, 0.25) is 0 Å². The van der Waals surface area contributed by atoms with Gasteiger partial charge in [-0.25, -0.2) is 0 Å². The van der Waals surface area contributed by atoms with E-state index >= 15 is 0 Å². The molecule has 2 aromatic rings. The lowest BCUT2D eigenvalue weighted by Crippen LogP contribution is -2.15. The molecule has 0 unspecified atom stereocenters. The molecule has 0 spiro atoms. The van der Waals surface area contributed by atoms with Gasteiger partial charge in [0.05, 0.1) is 11.7 Å². The maximum absolute atomic E-state index is 12.6. The van der Waals surface area contributed by atoms with E-state index in [0.717, 1.165) is 10.2 Å². The van der Waals surface area contributed by atoms with Crippen molar-refractivity contribution in [2.24, 2.45) is 0 Å². The highest BCUT2D eigenvalue weighted by atomic mass is 79.9. The molecule has 0 aliphatic rings. The Balaban J connectivity index is 2.14. The summed E-state index contributed by atoms with van der Waals surface area (Å²) in [5, 5.41) is 2.87. The Morgan fingerprint density at radius 1 is 1.25 bits per heavy atom. The molecule has 0 bridgehead atoms. The lowest BCUT2D eigenvalue weighted by molar-refractivity contribution is 0.102. The molecule has 0 aromatic heterocycles. The molecule has 5 heteroatoms. The molecule has 0 radical (unpaired) electrons. The molecular formula is C19H20BrNO3. The number of amides is 1. The third kappa shape index (κ3) is 5.13. The number of anilines is 1. The van der Waals surface area contributed by atoms with Crippen LogP contribution in [0.5, 0.6) is 11.5 Å². The average Bonchev–Trinajstić information content (AvgIpc) is 2.55. The van der Waals surface area contributed by atoms with E-state index in [9.17, 15) is 4.79 Å². The van der Waals surface area contributed by atoms with E-state index < -0.39 is 0 Å². The normalized spacial score (nSPS) is 10.3. The zero-order chi connectivity index (χ0) is 17.5. The number of ether oxygens (including phenoxy) is 2. The van der Waals surface area contributed by atoms with Gasteiger partial charge in [0.2, 0.25) is 0 Å². The second-order valence-electron chi connectivity index (χ2n) is 5.39. The van der Waals surface area contributed by atoms with Gasteiger partial charge in [0, 0.05) is 10.2 Å². The fourth-order valence-corrected chi connectivity index (χ4v) is 2.39. The van der Waals surface area contributed by atoms with Crippen LogP contribution in [0, 0.1) is 0 Å². The van der Waals surface area contributed by atoms with Crippen LogP contribution in [0.3, 0.4) is 0 Å². The first-order chi connectivity index (χ1) is 11.5. The number of hydrogen-bond acceptors (Lipinski definition) is 3. The van der Waals surface area contributed by atoms with Crippen molar-refractivity contribution >= 4 is 27.5 Å². The van der Waals surface area contributed by atoms with Crippen LogP contribution in [0.4, 0.5) is 5.69 Å². The molecule has 126 valence electrons. The van der Waals surface area contributed by atoms with Crippen LogP contribution in [-0.4, -0.2) is 18.6 Å². The summed E-state index contributed by atoms with van der Waals surface area (Å²) in [5.74, 6) is 1.04. The predicted octanol–water partition coefficient (Wildman–Crippen LogP) is 5.05. The molecular weight excluding hydrogens is 370 g/mol. The largest absolute Gasteiger partial charge is 0.490 e. The average molecular weight is 390 g/mol. The molecule has 2 rings (SSSR count). The van der Waals surface area contributed by atoms with Crippen molar-refractivity contribution < 1.29 is 14.3 Å². The van der Waals surface area contributed by atoms with E-state index in [-0.39, 0.29) is 12.0 Å². The second kappa shape index (κ2) is 8.55. The van der Waals surface area contributed by atoms with Gasteiger partial charge in [0.1, 0.15) is 18.1 Å². The maximum atomic E-state index is 12.6. The number of hydrogen-bond donors (Lipinski definition) is 1. The van der Waals surface area contributed by atoms with Crippen LogP contribution in [-0.2, 0) is 0 Å². The molecule has 1 N–H and O–H groups in total. The lowest BCUT2D eigenvalue weighted by Gasteiger charge is -2.14. The molecule has 24 heavy (non-hydrogen) atoms. The number of rotatable bonds is 7. The molecule has 4 nitrogen and oxygen atoms in total. The zero-order valence-corrected chi connectivity index (χ0v) is 15.3. The zero-order valence-electron chi connectivity index (χ0n) is 13.7. The second-order valence-corrected chi connectivity index (χ2v) is 6.30. The summed E-state index contributed by atoms with van der Waals surface area (Å²) in [7, 11) is 0. The maximum Gasteiger partial charge on any atom is 0.259 e. The van der Waals surface area contributed by atoms with Gasteiger partial charge in [0.15, 0.2) is 0 Å². The minimum atomic E-state index is -0.230. The van der Waals surface area contributed by atoms with Crippen molar-refractivity contribution in [1.82, 2.24) is 0 Å². The number of carbonyl (C=O) groups is 1. The van der Waals surface area contributed by atoms with Crippen molar-refractivity contribution in [3.8, 4) is 11.5 Å². The van der Waals surface area contributed by atoms with E-state index in [4.69, 9.17) is 9.47 Å². The van der Waals surface area contributed by atoms with Crippen LogP contribution < -0.4 is 14.8 Å². The topological polar surface area (TPSA) is 47.6 Å². The lowest BCUT2D eigenvalue weighted by atomic mass is 10.1. The number of carbonyl (C=O) groups excluding carboxylic acids is 1. The van der Waals surface area contributed by atoms with Crippen molar-refractivity contribution in [3.05, 3.63) is 65.2 Å². The van der Waals surface area contributed by atoms with E-state index in [1.165, 1.54) is 0 Å². The summed E-state index contributed by atoms with van der Waals surface area (Å²) in [6.07, 6.45) is 1.66. The molecule has 0 aliphatic heterocycles. The molecule has 0 saturated heterocycles. The van der Waals surface area contributed by atoms with Gasteiger partial charge < -0.3 is 14.8 Å². The van der Waals surface area contributed by atoms with Gasteiger partial charge in [-0.1, -0.05) is 28.6 Å². The summed E-state index contributed by atoms with van der Waals surface area (Å²) in [6, 6.07) is 12.5. The van der Waals surface area contributed by atoms with Crippen molar-refractivity contribution in [3.63, 3.8) is 0 Å². The first-order valence-corrected chi connectivity index (χ1v) is 8.40. The molecule has 2 aromatic carbocycles. The Morgan fingerprint density at radius 2 is 1.96 bits per heavy atom. The Morgan fingerprint density at radius 3 is 2.58 bits per heavy atom. The van der Waals surface area contributed by atoms with Gasteiger partial charge in [-0.3, -0.25) is 4.79 Å². The van der Waals surface area contributed by atoms with Gasteiger partial charge in [0.25, 0.3) is 5.91 Å². The smallest absolute Gasteiger partial charge is 0.259 e. The van der Waals surface area contributed by atoms with Gasteiger partial charge in [-0.2, -0.15) is 0 Å². The molecule has 0 fully saturated rings. The van der Waals surface area contributed by atoms with E-state index in [1.54, 1.807) is 42.5 Å². The first kappa shape index (κ1) is 18.1. The fraction of sp³-hybridized carbons (Fsp3) is 0.211. The fourth-order valence-electron chi connectivity index (χ4n) is 2.02. The van der Waals surface area contributed by atoms with Gasteiger partial charge >= 0.3 is 0 Å².